The Labute approximate surface area is 119 Å². The van der Waals surface area contributed by atoms with Crippen molar-refractivity contribution in [3.8, 4) is 0 Å². The molecule has 0 radical (unpaired) electrons. The van der Waals surface area contributed by atoms with Crippen molar-refractivity contribution in [3.63, 3.8) is 0 Å². The maximum atomic E-state index is 5.79. The first-order valence-corrected chi connectivity index (χ1v) is 8.27. The van der Waals surface area contributed by atoms with Gasteiger partial charge >= 0.3 is 0 Å². The van der Waals surface area contributed by atoms with E-state index in [4.69, 9.17) is 9.47 Å². The molecule has 0 aromatic carbocycles. The predicted molar refractivity (Wildman–Crippen MR) is 80.6 cm³/mol. The summed E-state index contributed by atoms with van der Waals surface area (Å²) in [5.41, 5.74) is 0. The molecule has 0 aromatic rings. The lowest BCUT2D eigenvalue weighted by molar-refractivity contribution is 0.0287. The van der Waals surface area contributed by atoms with Crippen molar-refractivity contribution in [2.75, 3.05) is 33.0 Å². The molecule has 1 rings (SSSR count). The third kappa shape index (κ3) is 7.91. The maximum Gasteiger partial charge on any atom is 0.0701 e. The Balaban J connectivity index is 2.07. The van der Waals surface area contributed by atoms with E-state index in [-0.39, 0.29) is 0 Å². The molecule has 1 aliphatic rings. The van der Waals surface area contributed by atoms with Crippen molar-refractivity contribution in [1.82, 2.24) is 5.32 Å². The van der Waals surface area contributed by atoms with Crippen LogP contribution in [0.15, 0.2) is 0 Å². The summed E-state index contributed by atoms with van der Waals surface area (Å²) in [4.78, 5) is 0. The van der Waals surface area contributed by atoms with E-state index in [0.717, 1.165) is 45.3 Å². The SMILES string of the molecule is CCCCOCCOCC(NCC)C1CCCCC1. The molecular formula is C16H33NO2. The molecule has 1 saturated carbocycles. The van der Waals surface area contributed by atoms with Gasteiger partial charge in [-0.15, -0.1) is 0 Å². The Kier molecular flexibility index (Phi) is 10.4. The van der Waals surface area contributed by atoms with Gasteiger partial charge in [0.15, 0.2) is 0 Å². The lowest BCUT2D eigenvalue weighted by Gasteiger charge is -2.30. The van der Waals surface area contributed by atoms with Crippen molar-refractivity contribution in [2.24, 2.45) is 5.92 Å². The molecule has 0 aliphatic heterocycles. The summed E-state index contributed by atoms with van der Waals surface area (Å²) in [5.74, 6) is 0.815. The zero-order valence-corrected chi connectivity index (χ0v) is 13.0. The molecule has 1 N–H and O–H groups in total. The summed E-state index contributed by atoms with van der Waals surface area (Å²) in [6, 6.07) is 0.543. The Morgan fingerprint density at radius 2 is 1.74 bits per heavy atom. The van der Waals surface area contributed by atoms with E-state index in [0.29, 0.717) is 6.04 Å². The summed E-state index contributed by atoms with van der Waals surface area (Å²) in [6.45, 7) is 8.60. The van der Waals surface area contributed by atoms with Crippen LogP contribution >= 0.6 is 0 Å². The van der Waals surface area contributed by atoms with Crippen LogP contribution in [-0.2, 0) is 9.47 Å². The topological polar surface area (TPSA) is 30.5 Å². The molecule has 3 nitrogen and oxygen atoms in total. The molecule has 1 fully saturated rings. The maximum absolute atomic E-state index is 5.79. The van der Waals surface area contributed by atoms with Crippen molar-refractivity contribution in [2.45, 2.75) is 64.8 Å². The standard InChI is InChI=1S/C16H33NO2/c1-3-5-11-18-12-13-19-14-16(17-4-2)15-9-7-6-8-10-15/h15-17H,3-14H2,1-2H3. The molecule has 19 heavy (non-hydrogen) atoms. The third-order valence-corrected chi connectivity index (χ3v) is 4.00. The van der Waals surface area contributed by atoms with Crippen LogP contribution in [0.5, 0.6) is 0 Å². The molecule has 0 saturated heterocycles. The Hall–Kier alpha value is -0.120. The highest BCUT2D eigenvalue weighted by Gasteiger charge is 2.22. The van der Waals surface area contributed by atoms with Gasteiger partial charge < -0.3 is 14.8 Å². The minimum absolute atomic E-state index is 0.543. The average molecular weight is 271 g/mol. The second-order valence-corrected chi connectivity index (χ2v) is 5.60. The molecule has 0 aromatic heterocycles. The van der Waals surface area contributed by atoms with Gasteiger partial charge in [-0.25, -0.2) is 0 Å². The normalized spacial score (nSPS) is 18.6. The number of ether oxygens (including phenoxy) is 2. The van der Waals surface area contributed by atoms with Crippen LogP contribution in [0, 0.1) is 5.92 Å². The van der Waals surface area contributed by atoms with Crippen LogP contribution in [-0.4, -0.2) is 39.0 Å². The van der Waals surface area contributed by atoms with E-state index >= 15 is 0 Å². The van der Waals surface area contributed by atoms with Gasteiger partial charge in [0.05, 0.1) is 19.8 Å². The number of nitrogens with one attached hydrogen (secondary N) is 1. The molecule has 0 amide bonds. The first kappa shape index (κ1) is 16.9. The fourth-order valence-corrected chi connectivity index (χ4v) is 2.84. The van der Waals surface area contributed by atoms with Crippen molar-refractivity contribution >= 4 is 0 Å². The number of hydrogen-bond acceptors (Lipinski definition) is 3. The number of rotatable bonds is 11. The van der Waals surface area contributed by atoms with Gasteiger partial charge in [-0.05, 0) is 31.7 Å². The number of likely N-dealkylation sites (N-methyl/N-ethyl adjacent to an activating group) is 1. The van der Waals surface area contributed by atoms with Gasteiger partial charge in [-0.3, -0.25) is 0 Å². The largest absolute Gasteiger partial charge is 0.379 e. The lowest BCUT2D eigenvalue weighted by Crippen LogP contribution is -2.41. The molecule has 1 atom stereocenters. The summed E-state index contributed by atoms with van der Waals surface area (Å²) in [5, 5.41) is 3.60. The molecule has 3 heteroatoms. The van der Waals surface area contributed by atoms with E-state index in [2.05, 4.69) is 19.2 Å². The van der Waals surface area contributed by atoms with Crippen LogP contribution in [0.4, 0.5) is 0 Å². The average Bonchev–Trinajstić information content (AvgIpc) is 2.46. The van der Waals surface area contributed by atoms with Gasteiger partial charge in [0.1, 0.15) is 0 Å². The fourth-order valence-electron chi connectivity index (χ4n) is 2.84. The number of hydrogen-bond donors (Lipinski definition) is 1. The molecule has 1 unspecified atom stereocenters. The summed E-state index contributed by atoms with van der Waals surface area (Å²) in [6.07, 6.45) is 9.30. The first-order chi connectivity index (χ1) is 9.38. The van der Waals surface area contributed by atoms with Crippen LogP contribution in [0.1, 0.15) is 58.8 Å². The molecular weight excluding hydrogens is 238 g/mol. The highest BCUT2D eigenvalue weighted by molar-refractivity contribution is 4.78. The summed E-state index contributed by atoms with van der Waals surface area (Å²) >= 11 is 0. The van der Waals surface area contributed by atoms with Gasteiger partial charge in [-0.1, -0.05) is 39.5 Å². The monoisotopic (exact) mass is 271 g/mol. The Morgan fingerprint density at radius 1 is 1.00 bits per heavy atom. The molecule has 0 spiro atoms. The van der Waals surface area contributed by atoms with E-state index in [1.807, 2.05) is 0 Å². The molecule has 114 valence electrons. The van der Waals surface area contributed by atoms with Gasteiger partial charge in [0.25, 0.3) is 0 Å². The second kappa shape index (κ2) is 11.7. The highest BCUT2D eigenvalue weighted by atomic mass is 16.5. The zero-order valence-electron chi connectivity index (χ0n) is 13.0. The van der Waals surface area contributed by atoms with Crippen molar-refractivity contribution in [3.05, 3.63) is 0 Å². The third-order valence-electron chi connectivity index (χ3n) is 4.00. The van der Waals surface area contributed by atoms with Crippen molar-refractivity contribution in [1.29, 1.82) is 0 Å². The van der Waals surface area contributed by atoms with Crippen LogP contribution < -0.4 is 5.32 Å². The van der Waals surface area contributed by atoms with Crippen LogP contribution in [0.3, 0.4) is 0 Å². The van der Waals surface area contributed by atoms with E-state index in [1.165, 1.54) is 38.5 Å². The molecule has 1 aliphatic carbocycles. The minimum atomic E-state index is 0.543. The summed E-state index contributed by atoms with van der Waals surface area (Å²) in [7, 11) is 0. The Morgan fingerprint density at radius 3 is 2.42 bits per heavy atom. The lowest BCUT2D eigenvalue weighted by atomic mass is 9.84. The Bertz CT molecular complexity index is 193. The molecule has 0 heterocycles. The first-order valence-electron chi connectivity index (χ1n) is 8.27. The van der Waals surface area contributed by atoms with Gasteiger partial charge in [0.2, 0.25) is 0 Å². The van der Waals surface area contributed by atoms with E-state index < -0.39 is 0 Å². The smallest absolute Gasteiger partial charge is 0.0701 e. The van der Waals surface area contributed by atoms with E-state index in [1.54, 1.807) is 0 Å². The van der Waals surface area contributed by atoms with Gasteiger partial charge in [-0.2, -0.15) is 0 Å². The van der Waals surface area contributed by atoms with E-state index in [9.17, 15) is 0 Å². The zero-order chi connectivity index (χ0) is 13.8. The summed E-state index contributed by atoms with van der Waals surface area (Å²) < 4.78 is 11.3. The highest BCUT2D eigenvalue weighted by Crippen LogP contribution is 2.26. The second-order valence-electron chi connectivity index (χ2n) is 5.60. The fraction of sp³-hybridized carbons (Fsp3) is 1.00. The van der Waals surface area contributed by atoms with Gasteiger partial charge in [0, 0.05) is 12.6 Å². The number of unbranched alkanes of at least 4 members (excludes halogenated alkanes) is 1. The van der Waals surface area contributed by atoms with Crippen molar-refractivity contribution < 1.29 is 9.47 Å². The predicted octanol–water partition coefficient (Wildman–Crippen LogP) is 3.38. The molecule has 0 bridgehead atoms. The minimum Gasteiger partial charge on any atom is -0.379 e. The van der Waals surface area contributed by atoms with Crippen LogP contribution in [0.25, 0.3) is 0 Å². The quantitative estimate of drug-likeness (QED) is 0.584. The van der Waals surface area contributed by atoms with Crippen LogP contribution in [0.2, 0.25) is 0 Å².